The zero-order valence-corrected chi connectivity index (χ0v) is 19.0. The van der Waals surface area contributed by atoms with Gasteiger partial charge in [-0.05, 0) is 42.9 Å². The molecular weight excluding hydrogens is 420 g/mol. The van der Waals surface area contributed by atoms with Gasteiger partial charge in [0.1, 0.15) is 12.1 Å². The highest BCUT2D eigenvalue weighted by molar-refractivity contribution is 5.89. The van der Waals surface area contributed by atoms with E-state index in [1.165, 1.54) is 0 Å². The van der Waals surface area contributed by atoms with Gasteiger partial charge in [-0.25, -0.2) is 9.59 Å². The Morgan fingerprint density at radius 2 is 1.52 bits per heavy atom. The second kappa shape index (κ2) is 13.9. The summed E-state index contributed by atoms with van der Waals surface area (Å²) >= 11 is 0. The average Bonchev–Trinajstić information content (AvgIpc) is 2.82. The third-order valence-corrected chi connectivity index (χ3v) is 5.41. The number of carbonyl (C=O) groups excluding carboxylic acids is 2. The van der Waals surface area contributed by atoms with Crippen molar-refractivity contribution in [3.05, 3.63) is 71.8 Å². The molecule has 0 aromatic heterocycles. The van der Waals surface area contributed by atoms with Gasteiger partial charge in [0.25, 0.3) is 0 Å². The van der Waals surface area contributed by atoms with Crippen LogP contribution in [0.5, 0.6) is 0 Å². The maximum Gasteiger partial charge on any atom is 0.326 e. The molecule has 0 saturated heterocycles. The third-order valence-electron chi connectivity index (χ3n) is 5.41. The molecule has 0 bridgehead atoms. The molecule has 3 amide bonds. The first-order valence-corrected chi connectivity index (χ1v) is 11.3. The number of aliphatic carboxylic acids is 1. The highest BCUT2D eigenvalue weighted by atomic mass is 16.4. The second-order valence-corrected chi connectivity index (χ2v) is 8.09. The predicted molar refractivity (Wildman–Crippen MR) is 128 cm³/mol. The Morgan fingerprint density at radius 3 is 2.12 bits per heavy atom. The van der Waals surface area contributed by atoms with E-state index in [1.54, 1.807) is 0 Å². The molecule has 0 heterocycles. The molecule has 0 aliphatic heterocycles. The molecule has 178 valence electrons. The first-order chi connectivity index (χ1) is 15.9. The summed E-state index contributed by atoms with van der Waals surface area (Å²) in [7, 11) is 0. The number of benzene rings is 2. The number of hydrogen-bond donors (Lipinski definition) is 5. The molecule has 0 spiro atoms. The van der Waals surface area contributed by atoms with Gasteiger partial charge in [0.05, 0.1) is 0 Å². The highest BCUT2D eigenvalue weighted by Crippen LogP contribution is 2.13. The Balaban J connectivity index is 2.02. The van der Waals surface area contributed by atoms with Crippen LogP contribution in [0.2, 0.25) is 0 Å². The van der Waals surface area contributed by atoms with E-state index in [1.807, 2.05) is 67.6 Å². The Kier molecular flexibility index (Phi) is 10.9. The molecule has 0 radical (unpaired) electrons. The Morgan fingerprint density at radius 1 is 0.909 bits per heavy atom. The lowest BCUT2D eigenvalue weighted by molar-refractivity contribution is -0.139. The number of nitrogens with two attached hydrogens (primary N) is 1. The first-order valence-electron chi connectivity index (χ1n) is 11.3. The van der Waals surface area contributed by atoms with Crippen LogP contribution in [-0.4, -0.2) is 48.2 Å². The number of rotatable bonds is 13. The average molecular weight is 455 g/mol. The van der Waals surface area contributed by atoms with Crippen LogP contribution in [0.3, 0.4) is 0 Å². The van der Waals surface area contributed by atoms with Crippen molar-refractivity contribution in [2.75, 3.05) is 13.1 Å². The molecule has 2 rings (SSSR count). The van der Waals surface area contributed by atoms with Gasteiger partial charge in [-0.3, -0.25) is 4.79 Å². The van der Waals surface area contributed by atoms with E-state index in [-0.39, 0.29) is 24.7 Å². The van der Waals surface area contributed by atoms with Gasteiger partial charge in [-0.1, -0.05) is 67.6 Å². The standard InChI is InChI=1S/C25H34N4O4/c1-18(20-12-6-3-7-13-20)17-27-23(30)22(16-19-10-4-2-5-11-19)29-25(33)28-21(24(31)32)14-8-9-15-26/h2-7,10-13,18,21-22H,8-9,14-17,26H2,1H3,(H,27,30)(H,31,32)(H2,28,29,33)/t18?,21-,22+/m0/s1. The van der Waals surface area contributed by atoms with Crippen LogP contribution in [0.1, 0.15) is 43.2 Å². The normalized spacial score (nSPS) is 13.4. The lowest BCUT2D eigenvalue weighted by Crippen LogP contribution is -2.54. The van der Waals surface area contributed by atoms with Crippen LogP contribution >= 0.6 is 0 Å². The summed E-state index contributed by atoms with van der Waals surface area (Å²) in [5.74, 6) is -1.35. The summed E-state index contributed by atoms with van der Waals surface area (Å²) in [6, 6.07) is 16.6. The van der Waals surface area contributed by atoms with E-state index in [4.69, 9.17) is 5.73 Å². The van der Waals surface area contributed by atoms with Gasteiger partial charge < -0.3 is 26.8 Å². The van der Waals surface area contributed by atoms with Gasteiger partial charge in [-0.15, -0.1) is 0 Å². The summed E-state index contributed by atoms with van der Waals surface area (Å²) in [5, 5.41) is 17.4. The maximum atomic E-state index is 13.0. The smallest absolute Gasteiger partial charge is 0.326 e. The minimum Gasteiger partial charge on any atom is -0.480 e. The second-order valence-electron chi connectivity index (χ2n) is 8.09. The van der Waals surface area contributed by atoms with Crippen molar-refractivity contribution in [3.8, 4) is 0 Å². The molecule has 2 aromatic carbocycles. The van der Waals surface area contributed by atoms with Crippen LogP contribution in [0.15, 0.2) is 60.7 Å². The number of hydrogen-bond acceptors (Lipinski definition) is 4. The predicted octanol–water partition coefficient (Wildman–Crippen LogP) is 2.40. The third kappa shape index (κ3) is 9.33. The van der Waals surface area contributed by atoms with Crippen molar-refractivity contribution in [1.82, 2.24) is 16.0 Å². The quantitative estimate of drug-likeness (QED) is 0.296. The van der Waals surface area contributed by atoms with Crippen molar-refractivity contribution in [1.29, 1.82) is 0 Å². The Bertz CT molecular complexity index is 876. The van der Waals surface area contributed by atoms with E-state index in [0.29, 0.717) is 25.9 Å². The van der Waals surface area contributed by atoms with Gasteiger partial charge in [0.2, 0.25) is 5.91 Å². The molecule has 1 unspecified atom stereocenters. The van der Waals surface area contributed by atoms with Crippen molar-refractivity contribution in [2.24, 2.45) is 5.73 Å². The molecule has 2 aromatic rings. The Labute approximate surface area is 195 Å². The van der Waals surface area contributed by atoms with E-state index in [9.17, 15) is 19.5 Å². The zero-order chi connectivity index (χ0) is 24.1. The highest BCUT2D eigenvalue weighted by Gasteiger charge is 2.25. The van der Waals surface area contributed by atoms with Crippen molar-refractivity contribution >= 4 is 17.9 Å². The van der Waals surface area contributed by atoms with Gasteiger partial charge in [-0.2, -0.15) is 0 Å². The fourth-order valence-electron chi connectivity index (χ4n) is 3.44. The number of urea groups is 1. The number of carboxylic acids is 1. The lowest BCUT2D eigenvalue weighted by Gasteiger charge is -2.22. The summed E-state index contributed by atoms with van der Waals surface area (Å²) in [6.07, 6.45) is 1.81. The molecule has 8 heteroatoms. The van der Waals surface area contributed by atoms with Crippen LogP contribution in [0, 0.1) is 0 Å². The lowest BCUT2D eigenvalue weighted by atomic mass is 10.0. The number of carbonyl (C=O) groups is 3. The monoisotopic (exact) mass is 454 g/mol. The summed E-state index contributed by atoms with van der Waals surface area (Å²) < 4.78 is 0. The molecule has 0 fully saturated rings. The fraction of sp³-hybridized carbons (Fsp3) is 0.400. The summed E-state index contributed by atoms with van der Waals surface area (Å²) in [4.78, 5) is 37.0. The molecule has 3 atom stereocenters. The number of nitrogens with one attached hydrogen (secondary N) is 3. The molecular formula is C25H34N4O4. The van der Waals surface area contributed by atoms with Crippen molar-refractivity contribution in [2.45, 2.75) is 50.6 Å². The van der Waals surface area contributed by atoms with E-state index in [2.05, 4.69) is 16.0 Å². The van der Waals surface area contributed by atoms with Crippen molar-refractivity contribution < 1.29 is 19.5 Å². The van der Waals surface area contributed by atoms with Gasteiger partial charge in [0.15, 0.2) is 0 Å². The Hall–Kier alpha value is -3.39. The zero-order valence-electron chi connectivity index (χ0n) is 19.0. The largest absolute Gasteiger partial charge is 0.480 e. The molecule has 8 nitrogen and oxygen atoms in total. The molecule has 0 saturated carbocycles. The van der Waals surface area contributed by atoms with Gasteiger partial charge in [0, 0.05) is 13.0 Å². The molecule has 0 aliphatic carbocycles. The van der Waals surface area contributed by atoms with E-state index < -0.39 is 24.1 Å². The topological polar surface area (TPSA) is 134 Å². The summed E-state index contributed by atoms with van der Waals surface area (Å²) in [6.45, 7) is 2.88. The van der Waals surface area contributed by atoms with Gasteiger partial charge >= 0.3 is 12.0 Å². The number of amides is 3. The van der Waals surface area contributed by atoms with Crippen molar-refractivity contribution in [3.63, 3.8) is 0 Å². The van der Waals surface area contributed by atoms with Crippen LogP contribution in [0.4, 0.5) is 4.79 Å². The van der Waals surface area contributed by atoms with Crippen LogP contribution < -0.4 is 21.7 Å². The van der Waals surface area contributed by atoms with E-state index >= 15 is 0 Å². The minimum absolute atomic E-state index is 0.0975. The molecule has 6 N–H and O–H groups in total. The van der Waals surface area contributed by atoms with Crippen LogP contribution in [0.25, 0.3) is 0 Å². The maximum absolute atomic E-state index is 13.0. The first kappa shape index (κ1) is 25.9. The SMILES string of the molecule is CC(CNC(=O)[C@@H](Cc1ccccc1)NC(=O)N[C@@H](CCCCN)C(=O)O)c1ccccc1. The number of carboxylic acid groups (broad SMARTS) is 1. The fourth-order valence-corrected chi connectivity index (χ4v) is 3.44. The van der Waals surface area contributed by atoms with E-state index in [0.717, 1.165) is 11.1 Å². The molecule has 0 aliphatic rings. The summed E-state index contributed by atoms with van der Waals surface area (Å²) in [5.41, 5.74) is 7.44. The minimum atomic E-state index is -1.12. The number of unbranched alkanes of at least 4 members (excludes halogenated alkanes) is 1. The van der Waals surface area contributed by atoms with Crippen LogP contribution in [-0.2, 0) is 16.0 Å². The molecule has 33 heavy (non-hydrogen) atoms.